The van der Waals surface area contributed by atoms with E-state index in [2.05, 4.69) is 24.4 Å². The first-order valence-electron chi connectivity index (χ1n) is 9.94. The molecule has 148 valence electrons. The maximum absolute atomic E-state index is 13.0. The summed E-state index contributed by atoms with van der Waals surface area (Å²) < 4.78 is 4.55. The lowest BCUT2D eigenvalue weighted by Crippen LogP contribution is -2.37. The van der Waals surface area contributed by atoms with Crippen molar-refractivity contribution in [2.45, 2.75) is 51.6 Å². The van der Waals surface area contributed by atoms with Gasteiger partial charge in [0.25, 0.3) is 5.56 Å². The van der Waals surface area contributed by atoms with Crippen molar-refractivity contribution in [3.05, 3.63) is 56.2 Å². The normalized spacial score (nSPS) is 15.2. The number of hydrogen-bond acceptors (Lipinski definition) is 4. The van der Waals surface area contributed by atoms with Crippen LogP contribution in [0.2, 0.25) is 0 Å². The molecule has 0 bridgehead atoms. The number of imidazole rings is 1. The predicted molar refractivity (Wildman–Crippen MR) is 111 cm³/mol. The average Bonchev–Trinajstić information content (AvgIpc) is 3.05. The molecule has 1 aromatic carbocycles. The van der Waals surface area contributed by atoms with Crippen molar-refractivity contribution in [3.63, 3.8) is 0 Å². The third-order valence-corrected chi connectivity index (χ3v) is 5.88. The van der Waals surface area contributed by atoms with Gasteiger partial charge in [0.15, 0.2) is 11.2 Å². The number of nitrogens with one attached hydrogen (secondary N) is 1. The number of benzene rings is 1. The molecular formula is C21H27N5O2. The molecule has 28 heavy (non-hydrogen) atoms. The number of aryl methyl sites for hydroxylation is 2. The van der Waals surface area contributed by atoms with E-state index in [4.69, 9.17) is 4.98 Å². The molecule has 1 aliphatic rings. The Morgan fingerprint density at radius 2 is 1.79 bits per heavy atom. The quantitative estimate of drug-likeness (QED) is 0.754. The Kier molecular flexibility index (Phi) is 4.83. The highest BCUT2D eigenvalue weighted by Crippen LogP contribution is 2.24. The molecule has 3 aromatic rings. The molecule has 4 rings (SSSR count). The lowest BCUT2D eigenvalue weighted by Gasteiger charge is -2.23. The van der Waals surface area contributed by atoms with Gasteiger partial charge >= 0.3 is 5.69 Å². The van der Waals surface area contributed by atoms with E-state index in [9.17, 15) is 9.59 Å². The number of nitrogens with zero attached hydrogens (tertiary/aromatic N) is 4. The smallest absolute Gasteiger partial charge is 0.332 e. The zero-order valence-electron chi connectivity index (χ0n) is 16.7. The van der Waals surface area contributed by atoms with Gasteiger partial charge in [-0.25, -0.2) is 4.79 Å². The lowest BCUT2D eigenvalue weighted by atomic mass is 9.96. The lowest BCUT2D eigenvalue weighted by molar-refractivity contribution is 0.459. The van der Waals surface area contributed by atoms with E-state index in [0.29, 0.717) is 29.7 Å². The van der Waals surface area contributed by atoms with Crippen molar-refractivity contribution < 1.29 is 0 Å². The van der Waals surface area contributed by atoms with Crippen LogP contribution in [0.4, 0.5) is 5.95 Å². The van der Waals surface area contributed by atoms with Crippen LogP contribution in [-0.4, -0.2) is 24.7 Å². The second-order valence-electron chi connectivity index (χ2n) is 7.81. The minimum Gasteiger partial charge on any atom is -0.353 e. The van der Waals surface area contributed by atoms with Gasteiger partial charge in [0, 0.05) is 20.1 Å². The Balaban J connectivity index is 1.90. The first-order chi connectivity index (χ1) is 13.5. The maximum Gasteiger partial charge on any atom is 0.332 e. The fourth-order valence-corrected chi connectivity index (χ4v) is 4.10. The molecule has 7 heteroatoms. The Labute approximate surface area is 163 Å². The van der Waals surface area contributed by atoms with Crippen LogP contribution in [0, 0.1) is 6.92 Å². The zero-order chi connectivity index (χ0) is 19.8. The van der Waals surface area contributed by atoms with E-state index in [-0.39, 0.29) is 11.2 Å². The van der Waals surface area contributed by atoms with E-state index < -0.39 is 0 Å². The summed E-state index contributed by atoms with van der Waals surface area (Å²) in [5.74, 6) is 0.670. The standard InChI is InChI=1S/C21H27N5O2/c1-14-9-7-8-10-15(14)13-26-17-18(24(2)21(28)25(3)19(17)27)23-20(26)22-16-11-5-4-6-12-16/h7-10,16H,4-6,11-13H2,1-3H3,(H,22,23). The van der Waals surface area contributed by atoms with Crippen LogP contribution < -0.4 is 16.6 Å². The van der Waals surface area contributed by atoms with E-state index in [1.54, 1.807) is 7.05 Å². The highest BCUT2D eigenvalue weighted by molar-refractivity contribution is 5.74. The largest absolute Gasteiger partial charge is 0.353 e. The topological polar surface area (TPSA) is 73.8 Å². The van der Waals surface area contributed by atoms with Crippen LogP contribution in [0.5, 0.6) is 0 Å². The predicted octanol–water partition coefficient (Wildman–Crippen LogP) is 2.54. The highest BCUT2D eigenvalue weighted by atomic mass is 16.2. The number of rotatable bonds is 4. The van der Waals surface area contributed by atoms with E-state index in [1.165, 1.54) is 30.9 Å². The summed E-state index contributed by atoms with van der Waals surface area (Å²) in [6.07, 6.45) is 5.88. The van der Waals surface area contributed by atoms with Crippen LogP contribution in [-0.2, 0) is 20.6 Å². The molecule has 2 aromatic heterocycles. The summed E-state index contributed by atoms with van der Waals surface area (Å²) in [6, 6.07) is 8.49. The molecule has 0 radical (unpaired) electrons. The Morgan fingerprint density at radius 3 is 2.50 bits per heavy atom. The van der Waals surface area contributed by atoms with E-state index >= 15 is 0 Å². The number of fused-ring (bicyclic) bond motifs is 1. The van der Waals surface area contributed by atoms with Crippen LogP contribution in [0.3, 0.4) is 0 Å². The number of anilines is 1. The molecular weight excluding hydrogens is 354 g/mol. The first kappa shape index (κ1) is 18.5. The van der Waals surface area contributed by atoms with Gasteiger partial charge in [-0.1, -0.05) is 43.5 Å². The summed E-state index contributed by atoms with van der Waals surface area (Å²) >= 11 is 0. The Hall–Kier alpha value is -2.83. The molecule has 1 saturated carbocycles. The molecule has 0 spiro atoms. The van der Waals surface area contributed by atoms with Gasteiger partial charge in [-0.05, 0) is 30.9 Å². The molecule has 7 nitrogen and oxygen atoms in total. The van der Waals surface area contributed by atoms with Crippen LogP contribution in [0.1, 0.15) is 43.2 Å². The molecule has 1 fully saturated rings. The van der Waals surface area contributed by atoms with Crippen molar-refractivity contribution in [1.29, 1.82) is 0 Å². The van der Waals surface area contributed by atoms with Gasteiger partial charge in [0.2, 0.25) is 5.95 Å². The molecule has 1 aliphatic carbocycles. The van der Waals surface area contributed by atoms with Gasteiger partial charge in [0.1, 0.15) is 0 Å². The van der Waals surface area contributed by atoms with E-state index in [1.807, 2.05) is 16.7 Å². The molecule has 1 N–H and O–H groups in total. The second-order valence-corrected chi connectivity index (χ2v) is 7.81. The van der Waals surface area contributed by atoms with Crippen molar-refractivity contribution >= 4 is 17.1 Å². The van der Waals surface area contributed by atoms with Crippen molar-refractivity contribution in [2.24, 2.45) is 14.1 Å². The fraction of sp³-hybridized carbons (Fsp3) is 0.476. The summed E-state index contributed by atoms with van der Waals surface area (Å²) in [7, 11) is 3.18. The van der Waals surface area contributed by atoms with Gasteiger partial charge in [-0.15, -0.1) is 0 Å². The maximum atomic E-state index is 13.0. The molecule has 0 amide bonds. The third kappa shape index (κ3) is 3.15. The SMILES string of the molecule is Cc1ccccc1Cn1c(NC2CCCCC2)nc2c1c(=O)n(C)c(=O)n2C. The van der Waals surface area contributed by atoms with Crippen LogP contribution in [0.25, 0.3) is 11.2 Å². The summed E-state index contributed by atoms with van der Waals surface area (Å²) in [5.41, 5.74) is 2.52. The number of aromatic nitrogens is 4. The average molecular weight is 381 g/mol. The van der Waals surface area contributed by atoms with Crippen molar-refractivity contribution in [1.82, 2.24) is 18.7 Å². The monoisotopic (exact) mass is 381 g/mol. The van der Waals surface area contributed by atoms with Gasteiger partial charge in [0.05, 0.1) is 6.54 Å². The second kappa shape index (κ2) is 7.30. The minimum absolute atomic E-state index is 0.309. The van der Waals surface area contributed by atoms with Crippen LogP contribution >= 0.6 is 0 Å². The Bertz CT molecular complexity index is 1130. The summed E-state index contributed by atoms with van der Waals surface area (Å²) in [6.45, 7) is 2.60. The molecule has 2 heterocycles. The van der Waals surface area contributed by atoms with Crippen molar-refractivity contribution in [3.8, 4) is 0 Å². The van der Waals surface area contributed by atoms with Gasteiger partial charge < -0.3 is 5.32 Å². The fourth-order valence-electron chi connectivity index (χ4n) is 4.10. The summed E-state index contributed by atoms with van der Waals surface area (Å²) in [4.78, 5) is 30.0. The zero-order valence-corrected chi connectivity index (χ0v) is 16.7. The molecule has 0 saturated heterocycles. The van der Waals surface area contributed by atoms with E-state index in [0.717, 1.165) is 28.5 Å². The van der Waals surface area contributed by atoms with Gasteiger partial charge in [-0.2, -0.15) is 4.98 Å². The minimum atomic E-state index is -0.359. The van der Waals surface area contributed by atoms with Gasteiger partial charge in [-0.3, -0.25) is 18.5 Å². The third-order valence-electron chi connectivity index (χ3n) is 5.88. The molecule has 0 unspecified atom stereocenters. The summed E-state index contributed by atoms with van der Waals surface area (Å²) in [5, 5.41) is 3.56. The van der Waals surface area contributed by atoms with Crippen LogP contribution in [0.15, 0.2) is 33.9 Å². The molecule has 0 atom stereocenters. The highest BCUT2D eigenvalue weighted by Gasteiger charge is 2.22. The Morgan fingerprint density at radius 1 is 1.07 bits per heavy atom. The number of hydrogen-bond donors (Lipinski definition) is 1. The van der Waals surface area contributed by atoms with Crippen molar-refractivity contribution in [2.75, 3.05) is 5.32 Å². The first-order valence-corrected chi connectivity index (χ1v) is 9.94. The molecule has 0 aliphatic heterocycles.